The highest BCUT2D eigenvalue weighted by atomic mass is 16.5. The van der Waals surface area contributed by atoms with Gasteiger partial charge in [0.1, 0.15) is 17.8 Å². The van der Waals surface area contributed by atoms with Crippen molar-refractivity contribution in [2.24, 2.45) is 11.8 Å². The number of phenols is 1. The predicted molar refractivity (Wildman–Crippen MR) is 116 cm³/mol. The fraction of sp³-hybridized carbons (Fsp3) is 0.480. The van der Waals surface area contributed by atoms with Crippen LogP contribution in [0.15, 0.2) is 46.8 Å². The molecule has 1 saturated carbocycles. The smallest absolute Gasteiger partial charge is 0.337 e. The second-order valence-corrected chi connectivity index (χ2v) is 8.94. The molecule has 7 nitrogen and oxygen atoms in total. The normalized spacial score (nSPS) is 26.0. The van der Waals surface area contributed by atoms with Crippen molar-refractivity contribution in [3.8, 4) is 5.75 Å². The third-order valence-corrected chi connectivity index (χ3v) is 6.74. The summed E-state index contributed by atoms with van der Waals surface area (Å²) in [6, 6.07) is 6.54. The maximum absolute atomic E-state index is 13.6. The molecule has 1 fully saturated rings. The molecule has 1 heterocycles. The second kappa shape index (κ2) is 8.81. The largest absolute Gasteiger partial charge is 0.508 e. The van der Waals surface area contributed by atoms with Crippen LogP contribution in [0.5, 0.6) is 5.75 Å². The van der Waals surface area contributed by atoms with E-state index in [-0.39, 0.29) is 23.6 Å². The molecule has 0 bridgehead atoms. The summed E-state index contributed by atoms with van der Waals surface area (Å²) in [4.78, 5) is 39.4. The third-order valence-electron chi connectivity index (χ3n) is 6.74. The Balaban J connectivity index is 1.81. The molecule has 32 heavy (non-hydrogen) atoms. The van der Waals surface area contributed by atoms with Gasteiger partial charge in [-0.15, -0.1) is 0 Å². The van der Waals surface area contributed by atoms with E-state index >= 15 is 0 Å². The molecule has 2 aliphatic carbocycles. The average Bonchev–Trinajstić information content (AvgIpc) is 3.25. The Hall–Kier alpha value is -3.09. The van der Waals surface area contributed by atoms with Crippen LogP contribution in [0.4, 0.5) is 0 Å². The van der Waals surface area contributed by atoms with Crippen LogP contribution in [-0.2, 0) is 23.9 Å². The van der Waals surface area contributed by atoms with Crippen molar-refractivity contribution in [1.82, 2.24) is 5.32 Å². The van der Waals surface area contributed by atoms with E-state index in [4.69, 9.17) is 9.47 Å². The number of esters is 2. The zero-order valence-electron chi connectivity index (χ0n) is 18.6. The van der Waals surface area contributed by atoms with Crippen molar-refractivity contribution in [2.75, 3.05) is 7.11 Å². The molecule has 7 heteroatoms. The standard InChI is InChI=1S/C25H29NO6/c1-13-11-18-22(23(28)19(13)24(29)31-3)21(15-7-6-8-16(27)12-15)20(14(2)26-18)25(30)32-17-9-4-5-10-17/h6-8,12-13,17,19,21,26-27H,4-5,9-11H2,1-3H3/t13-,19-,21-/m1/s1. The zero-order valence-corrected chi connectivity index (χ0v) is 18.6. The molecule has 1 aromatic carbocycles. The zero-order chi connectivity index (χ0) is 23.0. The van der Waals surface area contributed by atoms with Gasteiger partial charge in [-0.3, -0.25) is 9.59 Å². The molecule has 1 aromatic rings. The topological polar surface area (TPSA) is 102 Å². The van der Waals surface area contributed by atoms with Gasteiger partial charge >= 0.3 is 11.9 Å². The number of carbonyl (C=O) groups is 3. The van der Waals surface area contributed by atoms with Crippen LogP contribution >= 0.6 is 0 Å². The van der Waals surface area contributed by atoms with Gasteiger partial charge in [0.05, 0.1) is 12.7 Å². The number of hydrogen-bond donors (Lipinski definition) is 2. The Bertz CT molecular complexity index is 1020. The van der Waals surface area contributed by atoms with Gasteiger partial charge < -0.3 is 19.9 Å². The summed E-state index contributed by atoms with van der Waals surface area (Å²) in [6.07, 6.45) is 4.05. The van der Waals surface area contributed by atoms with Crippen molar-refractivity contribution in [3.05, 3.63) is 52.4 Å². The maximum atomic E-state index is 13.6. The molecule has 4 rings (SSSR count). The SMILES string of the molecule is COC(=O)[C@H]1C(=O)C2=C(C[C@H]1C)NC(C)=C(C(=O)OC1CCCC1)[C@H]2c1cccc(O)c1. The van der Waals surface area contributed by atoms with E-state index in [9.17, 15) is 19.5 Å². The van der Waals surface area contributed by atoms with Crippen molar-refractivity contribution in [1.29, 1.82) is 0 Å². The second-order valence-electron chi connectivity index (χ2n) is 8.94. The Morgan fingerprint density at radius 3 is 2.56 bits per heavy atom. The Labute approximate surface area is 187 Å². The van der Waals surface area contributed by atoms with Crippen molar-refractivity contribution in [2.45, 2.75) is 58.0 Å². The van der Waals surface area contributed by atoms with E-state index in [1.165, 1.54) is 13.2 Å². The lowest BCUT2D eigenvalue weighted by atomic mass is 9.69. The van der Waals surface area contributed by atoms with Gasteiger partial charge in [-0.2, -0.15) is 0 Å². The molecular formula is C25H29NO6. The average molecular weight is 440 g/mol. The molecule has 0 saturated heterocycles. The van der Waals surface area contributed by atoms with E-state index in [1.807, 2.05) is 6.92 Å². The van der Waals surface area contributed by atoms with Crippen LogP contribution in [-0.4, -0.2) is 36.0 Å². The lowest BCUT2D eigenvalue weighted by Crippen LogP contribution is -2.43. The highest BCUT2D eigenvalue weighted by molar-refractivity contribution is 6.12. The number of phenolic OH excluding ortho intramolecular Hbond substituents is 1. The van der Waals surface area contributed by atoms with Gasteiger partial charge in [0.25, 0.3) is 0 Å². The summed E-state index contributed by atoms with van der Waals surface area (Å²) < 4.78 is 10.7. The number of hydrogen-bond acceptors (Lipinski definition) is 7. The maximum Gasteiger partial charge on any atom is 0.337 e. The van der Waals surface area contributed by atoms with E-state index in [0.717, 1.165) is 25.7 Å². The van der Waals surface area contributed by atoms with E-state index in [0.29, 0.717) is 34.5 Å². The van der Waals surface area contributed by atoms with Gasteiger partial charge in [0, 0.05) is 22.9 Å². The summed E-state index contributed by atoms with van der Waals surface area (Å²) in [5, 5.41) is 13.4. The molecule has 1 aliphatic heterocycles. The molecular weight excluding hydrogens is 410 g/mol. The first-order chi connectivity index (χ1) is 15.3. The molecule has 3 aliphatic rings. The summed E-state index contributed by atoms with van der Waals surface area (Å²) in [7, 11) is 1.27. The molecule has 0 radical (unpaired) electrons. The summed E-state index contributed by atoms with van der Waals surface area (Å²) in [6.45, 7) is 3.64. The monoisotopic (exact) mass is 439 g/mol. The van der Waals surface area contributed by atoms with Gasteiger partial charge in [0.15, 0.2) is 5.78 Å². The fourth-order valence-corrected chi connectivity index (χ4v) is 5.21. The van der Waals surface area contributed by atoms with Gasteiger partial charge in [0.2, 0.25) is 0 Å². The molecule has 2 N–H and O–H groups in total. The number of ether oxygens (including phenoxy) is 2. The number of nitrogens with one attached hydrogen (secondary N) is 1. The Morgan fingerprint density at radius 2 is 1.91 bits per heavy atom. The summed E-state index contributed by atoms with van der Waals surface area (Å²) >= 11 is 0. The van der Waals surface area contributed by atoms with Crippen LogP contribution in [0.2, 0.25) is 0 Å². The van der Waals surface area contributed by atoms with E-state index in [1.54, 1.807) is 25.1 Å². The lowest BCUT2D eigenvalue weighted by Gasteiger charge is -2.38. The molecule has 170 valence electrons. The van der Waals surface area contributed by atoms with Crippen LogP contribution in [0.3, 0.4) is 0 Å². The minimum Gasteiger partial charge on any atom is -0.508 e. The quantitative estimate of drug-likeness (QED) is 0.547. The van der Waals surface area contributed by atoms with Gasteiger partial charge in [-0.05, 0) is 62.6 Å². The van der Waals surface area contributed by atoms with Crippen LogP contribution in [0.1, 0.15) is 57.4 Å². The number of carbonyl (C=O) groups excluding carboxylic acids is 3. The van der Waals surface area contributed by atoms with E-state index in [2.05, 4.69) is 5.32 Å². The molecule has 0 amide bonds. The highest BCUT2D eigenvalue weighted by Crippen LogP contribution is 2.46. The minimum absolute atomic E-state index is 0.0329. The van der Waals surface area contributed by atoms with Crippen molar-refractivity contribution < 1.29 is 29.0 Å². The summed E-state index contributed by atoms with van der Waals surface area (Å²) in [5.74, 6) is -3.29. The van der Waals surface area contributed by atoms with Crippen molar-refractivity contribution >= 4 is 17.7 Å². The Morgan fingerprint density at radius 1 is 1.19 bits per heavy atom. The first-order valence-corrected chi connectivity index (χ1v) is 11.1. The van der Waals surface area contributed by atoms with Gasteiger partial charge in [-0.1, -0.05) is 19.1 Å². The van der Waals surface area contributed by atoms with E-state index < -0.39 is 23.8 Å². The molecule has 3 atom stereocenters. The third kappa shape index (κ3) is 3.92. The van der Waals surface area contributed by atoms with Crippen LogP contribution in [0, 0.1) is 11.8 Å². The first-order valence-electron chi connectivity index (χ1n) is 11.1. The minimum atomic E-state index is -0.939. The number of allylic oxidation sites excluding steroid dienone is 3. The number of aromatic hydroxyl groups is 1. The number of rotatable bonds is 4. The Kier molecular flexibility index (Phi) is 6.09. The first kappa shape index (κ1) is 22.1. The highest BCUT2D eigenvalue weighted by Gasteiger charge is 2.47. The van der Waals surface area contributed by atoms with Gasteiger partial charge in [-0.25, -0.2) is 4.79 Å². The number of methoxy groups -OCH3 is 1. The predicted octanol–water partition coefficient (Wildman–Crippen LogP) is 3.49. The number of Topliss-reactive ketones (excluding diaryl/α,β-unsaturated/α-hetero) is 1. The van der Waals surface area contributed by atoms with Crippen LogP contribution in [0.25, 0.3) is 0 Å². The number of dihydropyridines is 1. The molecule has 0 aromatic heterocycles. The fourth-order valence-electron chi connectivity index (χ4n) is 5.21. The van der Waals surface area contributed by atoms with Crippen molar-refractivity contribution in [3.63, 3.8) is 0 Å². The molecule has 0 spiro atoms. The lowest BCUT2D eigenvalue weighted by molar-refractivity contribution is -0.151. The molecule has 0 unspecified atom stereocenters. The van der Waals surface area contributed by atoms with Crippen LogP contribution < -0.4 is 5.32 Å². The number of benzene rings is 1. The summed E-state index contributed by atoms with van der Waals surface area (Å²) in [5.41, 5.74) is 2.63. The number of ketones is 1.